The Hall–Kier alpha value is -0.810. The van der Waals surface area contributed by atoms with Crippen molar-refractivity contribution in [3.05, 3.63) is 0 Å². The third-order valence-electron chi connectivity index (χ3n) is 2.81. The molecule has 88 valence electrons. The molecular formula is C10H22N4O. The second kappa shape index (κ2) is 6.63. The first kappa shape index (κ1) is 12.3. The van der Waals surface area contributed by atoms with Gasteiger partial charge in [-0.2, -0.15) is 0 Å². The van der Waals surface area contributed by atoms with Crippen LogP contribution in [0.15, 0.2) is 4.99 Å². The summed E-state index contributed by atoms with van der Waals surface area (Å²) in [6, 6.07) is 0.586. The summed E-state index contributed by atoms with van der Waals surface area (Å²) in [7, 11) is 1.68. The highest BCUT2D eigenvalue weighted by molar-refractivity contribution is 5.80. The fraction of sp³-hybridized carbons (Fsp3) is 0.900. The Labute approximate surface area is 91.6 Å². The molecule has 1 heterocycles. The highest BCUT2D eigenvalue weighted by Gasteiger charge is 2.25. The van der Waals surface area contributed by atoms with Gasteiger partial charge in [0.1, 0.15) is 0 Å². The number of aliphatic imine (C=N–C) groups is 1. The molecular weight excluding hydrogens is 192 g/mol. The number of likely N-dealkylation sites (tertiary alicyclic amines) is 1. The van der Waals surface area contributed by atoms with E-state index in [9.17, 15) is 0 Å². The molecule has 1 aliphatic rings. The first-order valence-corrected chi connectivity index (χ1v) is 5.60. The maximum absolute atomic E-state index is 5.49. The van der Waals surface area contributed by atoms with Gasteiger partial charge in [0.15, 0.2) is 0 Å². The Morgan fingerprint density at radius 1 is 1.67 bits per heavy atom. The van der Waals surface area contributed by atoms with Crippen LogP contribution in [0.2, 0.25) is 0 Å². The van der Waals surface area contributed by atoms with Gasteiger partial charge in [-0.15, -0.1) is 0 Å². The minimum absolute atomic E-state index is 0.586. The van der Waals surface area contributed by atoms with Crippen LogP contribution in [0.5, 0.6) is 0 Å². The Balaban J connectivity index is 2.52. The predicted octanol–water partition coefficient (Wildman–Crippen LogP) is 0.327. The Morgan fingerprint density at radius 3 is 3.07 bits per heavy atom. The Morgan fingerprint density at radius 2 is 2.47 bits per heavy atom. The molecule has 0 aromatic carbocycles. The molecule has 1 unspecified atom stereocenters. The van der Waals surface area contributed by atoms with E-state index in [-0.39, 0.29) is 0 Å². The zero-order valence-electron chi connectivity index (χ0n) is 9.70. The molecule has 3 N–H and O–H groups in total. The number of methoxy groups -OCH3 is 1. The second-order valence-electron chi connectivity index (χ2n) is 3.74. The molecule has 0 spiro atoms. The van der Waals surface area contributed by atoms with Crippen LogP contribution in [0.4, 0.5) is 0 Å². The van der Waals surface area contributed by atoms with E-state index < -0.39 is 0 Å². The van der Waals surface area contributed by atoms with Gasteiger partial charge >= 0.3 is 0 Å². The molecule has 0 aliphatic carbocycles. The Kier molecular flexibility index (Phi) is 5.42. The van der Waals surface area contributed by atoms with Crippen LogP contribution in [0.25, 0.3) is 0 Å². The number of rotatable bonds is 4. The summed E-state index contributed by atoms with van der Waals surface area (Å²) < 4.78 is 4.96. The third-order valence-corrected chi connectivity index (χ3v) is 2.81. The number of ether oxygens (including phenoxy) is 1. The van der Waals surface area contributed by atoms with Crippen molar-refractivity contribution in [1.82, 2.24) is 10.3 Å². The number of hydrogen-bond acceptors (Lipinski definition) is 3. The molecule has 5 heteroatoms. The largest absolute Gasteiger partial charge is 0.383 e. The summed E-state index contributed by atoms with van der Waals surface area (Å²) in [5.41, 5.74) is 2.69. The van der Waals surface area contributed by atoms with Crippen LogP contribution in [0.1, 0.15) is 26.2 Å². The van der Waals surface area contributed by atoms with Gasteiger partial charge < -0.3 is 9.64 Å². The molecule has 0 radical (unpaired) electrons. The van der Waals surface area contributed by atoms with Crippen molar-refractivity contribution in [2.45, 2.75) is 32.2 Å². The highest BCUT2D eigenvalue weighted by atomic mass is 16.5. The molecule has 0 amide bonds. The standard InChI is InChI=1S/C10H22N4O/c1-3-9-5-4-7-14(9)10(13-11)12-6-8-15-2/h9H,3-8,11H2,1-2H3,(H,12,13). The lowest BCUT2D eigenvalue weighted by Gasteiger charge is -2.26. The van der Waals surface area contributed by atoms with Crippen LogP contribution in [0, 0.1) is 0 Å². The van der Waals surface area contributed by atoms with Crippen molar-refractivity contribution in [2.75, 3.05) is 26.8 Å². The average molecular weight is 214 g/mol. The van der Waals surface area contributed by atoms with E-state index in [4.69, 9.17) is 10.6 Å². The number of hydrazine groups is 1. The van der Waals surface area contributed by atoms with Gasteiger partial charge in [0.2, 0.25) is 5.96 Å². The number of nitrogens with one attached hydrogen (secondary N) is 1. The zero-order chi connectivity index (χ0) is 11.1. The average Bonchev–Trinajstić information content (AvgIpc) is 2.72. The molecule has 15 heavy (non-hydrogen) atoms. The van der Waals surface area contributed by atoms with Gasteiger partial charge in [-0.1, -0.05) is 6.92 Å². The summed E-state index contributed by atoms with van der Waals surface area (Å²) >= 11 is 0. The summed E-state index contributed by atoms with van der Waals surface area (Å²) in [6.45, 7) is 4.54. The van der Waals surface area contributed by atoms with Crippen LogP contribution < -0.4 is 11.3 Å². The molecule has 0 aromatic heterocycles. The van der Waals surface area contributed by atoms with Crippen molar-refractivity contribution in [3.63, 3.8) is 0 Å². The smallest absolute Gasteiger partial charge is 0.208 e. The topological polar surface area (TPSA) is 62.9 Å². The third kappa shape index (κ3) is 3.35. The van der Waals surface area contributed by atoms with Gasteiger partial charge in [-0.05, 0) is 19.3 Å². The zero-order valence-corrected chi connectivity index (χ0v) is 9.70. The quantitative estimate of drug-likeness (QED) is 0.233. The summed E-state index contributed by atoms with van der Waals surface area (Å²) in [5.74, 6) is 6.29. The minimum Gasteiger partial charge on any atom is -0.383 e. The lowest BCUT2D eigenvalue weighted by molar-refractivity contribution is 0.207. The summed E-state index contributed by atoms with van der Waals surface area (Å²) in [6.07, 6.45) is 3.61. The first-order valence-electron chi connectivity index (χ1n) is 5.60. The van der Waals surface area contributed by atoms with Crippen molar-refractivity contribution in [1.29, 1.82) is 0 Å². The lowest BCUT2D eigenvalue weighted by Crippen LogP contribution is -2.47. The van der Waals surface area contributed by atoms with Gasteiger partial charge in [0.05, 0.1) is 13.2 Å². The molecule has 1 atom stereocenters. The summed E-state index contributed by atoms with van der Waals surface area (Å²) in [4.78, 5) is 6.65. The number of nitrogens with two attached hydrogens (primary N) is 1. The van der Waals surface area contributed by atoms with E-state index in [0.717, 1.165) is 18.9 Å². The van der Waals surface area contributed by atoms with Crippen molar-refractivity contribution < 1.29 is 4.74 Å². The van der Waals surface area contributed by atoms with Crippen LogP contribution >= 0.6 is 0 Å². The maximum Gasteiger partial charge on any atom is 0.208 e. The molecule has 1 fully saturated rings. The fourth-order valence-electron chi connectivity index (χ4n) is 2.00. The monoisotopic (exact) mass is 214 g/mol. The van der Waals surface area contributed by atoms with Crippen LogP contribution in [0.3, 0.4) is 0 Å². The molecule has 1 saturated heterocycles. The molecule has 0 aromatic rings. The predicted molar refractivity (Wildman–Crippen MR) is 61.5 cm³/mol. The fourth-order valence-corrected chi connectivity index (χ4v) is 2.00. The van der Waals surface area contributed by atoms with Crippen LogP contribution in [-0.4, -0.2) is 43.7 Å². The van der Waals surface area contributed by atoms with Gasteiger partial charge in [0.25, 0.3) is 0 Å². The van der Waals surface area contributed by atoms with E-state index in [1.165, 1.54) is 12.8 Å². The molecule has 0 bridgehead atoms. The molecule has 0 saturated carbocycles. The number of guanidine groups is 1. The first-order chi connectivity index (χ1) is 7.33. The van der Waals surface area contributed by atoms with E-state index in [1.54, 1.807) is 7.11 Å². The second-order valence-corrected chi connectivity index (χ2v) is 3.74. The SMILES string of the molecule is CCC1CCCN1C(=NCCOC)NN. The minimum atomic E-state index is 0.586. The van der Waals surface area contributed by atoms with E-state index in [2.05, 4.69) is 22.2 Å². The maximum atomic E-state index is 5.49. The van der Waals surface area contributed by atoms with Gasteiger partial charge in [-0.3, -0.25) is 5.43 Å². The van der Waals surface area contributed by atoms with E-state index in [1.807, 2.05) is 0 Å². The lowest BCUT2D eigenvalue weighted by atomic mass is 10.2. The van der Waals surface area contributed by atoms with Crippen molar-refractivity contribution >= 4 is 5.96 Å². The number of nitrogens with zero attached hydrogens (tertiary/aromatic N) is 2. The molecule has 1 aliphatic heterocycles. The number of hydrogen-bond donors (Lipinski definition) is 2. The molecule has 1 rings (SSSR count). The highest BCUT2D eigenvalue weighted by Crippen LogP contribution is 2.19. The molecule has 5 nitrogen and oxygen atoms in total. The van der Waals surface area contributed by atoms with Gasteiger partial charge in [0, 0.05) is 19.7 Å². The van der Waals surface area contributed by atoms with E-state index in [0.29, 0.717) is 19.2 Å². The van der Waals surface area contributed by atoms with Crippen molar-refractivity contribution in [2.24, 2.45) is 10.8 Å². The van der Waals surface area contributed by atoms with Crippen molar-refractivity contribution in [3.8, 4) is 0 Å². The van der Waals surface area contributed by atoms with Crippen LogP contribution in [-0.2, 0) is 4.74 Å². The van der Waals surface area contributed by atoms with Gasteiger partial charge in [-0.25, -0.2) is 10.8 Å². The Bertz CT molecular complexity index is 208. The summed E-state index contributed by atoms with van der Waals surface area (Å²) in [5, 5.41) is 0. The van der Waals surface area contributed by atoms with E-state index >= 15 is 0 Å². The normalized spacial score (nSPS) is 22.2.